The molecule has 0 amide bonds. The third kappa shape index (κ3) is 2.97. The van der Waals surface area contributed by atoms with Crippen molar-refractivity contribution in [3.8, 4) is 6.07 Å². The SMILES string of the molecule is CC(C#N)C(=O)C1CCCC(C(F)(F)F)C1. The highest BCUT2D eigenvalue weighted by Crippen LogP contribution is 2.40. The van der Waals surface area contributed by atoms with Gasteiger partial charge in [-0.15, -0.1) is 0 Å². The third-order valence-corrected chi connectivity index (χ3v) is 3.16. The average molecular weight is 233 g/mol. The van der Waals surface area contributed by atoms with Gasteiger partial charge in [-0.2, -0.15) is 18.4 Å². The number of hydrogen-bond donors (Lipinski definition) is 0. The number of carbonyl (C=O) groups excluding carboxylic acids is 1. The van der Waals surface area contributed by atoms with Gasteiger partial charge in [0.2, 0.25) is 0 Å². The van der Waals surface area contributed by atoms with Crippen molar-refractivity contribution in [3.05, 3.63) is 0 Å². The van der Waals surface area contributed by atoms with E-state index < -0.39 is 23.9 Å². The van der Waals surface area contributed by atoms with E-state index in [1.807, 2.05) is 0 Å². The van der Waals surface area contributed by atoms with Crippen LogP contribution >= 0.6 is 0 Å². The summed E-state index contributed by atoms with van der Waals surface area (Å²) in [5.74, 6) is -3.09. The first kappa shape index (κ1) is 13.0. The third-order valence-electron chi connectivity index (χ3n) is 3.16. The molecular formula is C11H14F3NO. The summed E-state index contributed by atoms with van der Waals surface area (Å²) in [4.78, 5) is 11.6. The number of rotatable bonds is 2. The minimum absolute atomic E-state index is 0.105. The number of alkyl halides is 3. The number of halogens is 3. The lowest BCUT2D eigenvalue weighted by atomic mass is 9.77. The van der Waals surface area contributed by atoms with Crippen molar-refractivity contribution >= 4 is 5.78 Å². The van der Waals surface area contributed by atoms with Gasteiger partial charge in [-0.25, -0.2) is 0 Å². The maximum atomic E-state index is 12.5. The highest BCUT2D eigenvalue weighted by Gasteiger charge is 2.43. The van der Waals surface area contributed by atoms with Crippen LogP contribution in [0, 0.1) is 29.1 Å². The van der Waals surface area contributed by atoms with Gasteiger partial charge in [-0.1, -0.05) is 6.42 Å². The number of carbonyl (C=O) groups is 1. The summed E-state index contributed by atoms with van der Waals surface area (Å²) in [6.07, 6.45) is -3.35. The van der Waals surface area contributed by atoms with E-state index in [4.69, 9.17) is 5.26 Å². The minimum Gasteiger partial charge on any atom is -0.298 e. The van der Waals surface area contributed by atoms with Crippen molar-refractivity contribution in [1.29, 1.82) is 5.26 Å². The van der Waals surface area contributed by atoms with Crippen LogP contribution in [0.2, 0.25) is 0 Å². The van der Waals surface area contributed by atoms with Crippen molar-refractivity contribution in [1.82, 2.24) is 0 Å². The molecule has 1 aliphatic rings. The Balaban J connectivity index is 2.65. The molecule has 1 rings (SSSR count). The molecule has 3 unspecified atom stereocenters. The summed E-state index contributed by atoms with van der Waals surface area (Å²) in [5.41, 5.74) is 0. The summed E-state index contributed by atoms with van der Waals surface area (Å²) >= 11 is 0. The van der Waals surface area contributed by atoms with Gasteiger partial charge in [-0.3, -0.25) is 4.79 Å². The maximum absolute atomic E-state index is 12.5. The molecule has 0 aromatic heterocycles. The molecule has 1 fully saturated rings. The number of ketones is 1. The minimum atomic E-state index is -4.21. The van der Waals surface area contributed by atoms with E-state index in [1.54, 1.807) is 6.07 Å². The standard InChI is InChI=1S/C11H14F3NO/c1-7(6-15)10(16)8-3-2-4-9(5-8)11(12,13)14/h7-9H,2-5H2,1H3. The average Bonchev–Trinajstić information content (AvgIpc) is 2.26. The van der Waals surface area contributed by atoms with Gasteiger partial charge >= 0.3 is 6.18 Å². The Bertz CT molecular complexity index is 305. The van der Waals surface area contributed by atoms with Crippen LogP contribution in [-0.4, -0.2) is 12.0 Å². The fourth-order valence-corrected chi connectivity index (χ4v) is 2.16. The molecule has 3 atom stereocenters. The summed E-state index contributed by atoms with van der Waals surface area (Å²) < 4.78 is 37.5. The molecule has 0 aromatic carbocycles. The Morgan fingerprint density at radius 1 is 1.44 bits per heavy atom. The summed E-state index contributed by atoms with van der Waals surface area (Å²) in [7, 11) is 0. The molecule has 0 N–H and O–H groups in total. The summed E-state index contributed by atoms with van der Waals surface area (Å²) in [5, 5.41) is 8.57. The summed E-state index contributed by atoms with van der Waals surface area (Å²) in [6, 6.07) is 1.78. The van der Waals surface area contributed by atoms with Crippen LogP contribution in [0.3, 0.4) is 0 Å². The summed E-state index contributed by atoms with van der Waals surface area (Å²) in [6.45, 7) is 1.44. The van der Waals surface area contributed by atoms with Crippen LogP contribution in [0.5, 0.6) is 0 Å². The molecule has 0 bridgehead atoms. The molecule has 1 saturated carbocycles. The van der Waals surface area contributed by atoms with Crippen LogP contribution in [0.4, 0.5) is 13.2 Å². The monoisotopic (exact) mass is 233 g/mol. The fraction of sp³-hybridized carbons (Fsp3) is 0.818. The van der Waals surface area contributed by atoms with E-state index in [-0.39, 0.29) is 18.6 Å². The van der Waals surface area contributed by atoms with Gasteiger partial charge in [-0.05, 0) is 26.2 Å². The van der Waals surface area contributed by atoms with E-state index in [0.717, 1.165) is 0 Å². The first-order valence-electron chi connectivity index (χ1n) is 5.36. The van der Waals surface area contributed by atoms with E-state index in [0.29, 0.717) is 12.8 Å². The molecule has 0 aliphatic heterocycles. The van der Waals surface area contributed by atoms with E-state index in [2.05, 4.69) is 0 Å². The molecule has 0 saturated heterocycles. The Kier molecular flexibility index (Phi) is 3.95. The van der Waals surface area contributed by atoms with E-state index >= 15 is 0 Å². The van der Waals surface area contributed by atoms with Crippen molar-refractivity contribution in [3.63, 3.8) is 0 Å². The van der Waals surface area contributed by atoms with Gasteiger partial charge in [0, 0.05) is 5.92 Å². The molecule has 16 heavy (non-hydrogen) atoms. The van der Waals surface area contributed by atoms with Crippen LogP contribution < -0.4 is 0 Å². The smallest absolute Gasteiger partial charge is 0.298 e. The zero-order chi connectivity index (χ0) is 12.3. The topological polar surface area (TPSA) is 40.9 Å². The molecule has 5 heteroatoms. The van der Waals surface area contributed by atoms with E-state index in [1.165, 1.54) is 6.92 Å². The Morgan fingerprint density at radius 3 is 2.56 bits per heavy atom. The number of nitrogens with zero attached hydrogens (tertiary/aromatic N) is 1. The normalized spacial score (nSPS) is 28.2. The zero-order valence-electron chi connectivity index (χ0n) is 9.05. The van der Waals surface area contributed by atoms with Gasteiger partial charge in [0.15, 0.2) is 5.78 Å². The predicted molar refractivity (Wildman–Crippen MR) is 51.3 cm³/mol. The largest absolute Gasteiger partial charge is 0.391 e. The molecule has 1 aliphatic carbocycles. The Labute approximate surface area is 92.4 Å². The quantitative estimate of drug-likeness (QED) is 0.735. The van der Waals surface area contributed by atoms with E-state index in [9.17, 15) is 18.0 Å². The highest BCUT2D eigenvalue weighted by molar-refractivity contribution is 5.85. The van der Waals surface area contributed by atoms with Crippen molar-refractivity contribution < 1.29 is 18.0 Å². The van der Waals surface area contributed by atoms with Crippen LogP contribution in [-0.2, 0) is 4.79 Å². The molecule has 2 nitrogen and oxygen atoms in total. The van der Waals surface area contributed by atoms with Crippen LogP contribution in [0.1, 0.15) is 32.6 Å². The van der Waals surface area contributed by atoms with Crippen LogP contribution in [0.25, 0.3) is 0 Å². The lowest BCUT2D eigenvalue weighted by Gasteiger charge is -2.30. The second-order valence-electron chi connectivity index (χ2n) is 4.36. The van der Waals surface area contributed by atoms with Gasteiger partial charge in [0.05, 0.1) is 12.0 Å². The number of nitriles is 1. The first-order valence-corrected chi connectivity index (χ1v) is 5.36. The zero-order valence-corrected chi connectivity index (χ0v) is 9.05. The van der Waals surface area contributed by atoms with Crippen molar-refractivity contribution in [2.75, 3.05) is 0 Å². The lowest BCUT2D eigenvalue weighted by molar-refractivity contribution is -0.186. The number of hydrogen-bond acceptors (Lipinski definition) is 2. The molecule has 90 valence electrons. The van der Waals surface area contributed by atoms with Crippen LogP contribution in [0.15, 0.2) is 0 Å². The van der Waals surface area contributed by atoms with Gasteiger partial charge in [0.1, 0.15) is 5.92 Å². The van der Waals surface area contributed by atoms with Crippen molar-refractivity contribution in [2.24, 2.45) is 17.8 Å². The highest BCUT2D eigenvalue weighted by atomic mass is 19.4. The molecule has 0 heterocycles. The Morgan fingerprint density at radius 2 is 2.06 bits per heavy atom. The maximum Gasteiger partial charge on any atom is 0.391 e. The van der Waals surface area contributed by atoms with Gasteiger partial charge < -0.3 is 0 Å². The predicted octanol–water partition coefficient (Wildman–Crippen LogP) is 3.08. The molecule has 0 aromatic rings. The Hall–Kier alpha value is -1.05. The molecule has 0 spiro atoms. The second kappa shape index (κ2) is 4.86. The molecule has 0 radical (unpaired) electrons. The van der Waals surface area contributed by atoms with Crippen molar-refractivity contribution in [2.45, 2.75) is 38.8 Å². The fourth-order valence-electron chi connectivity index (χ4n) is 2.16. The first-order chi connectivity index (χ1) is 7.36. The molecular weight excluding hydrogens is 219 g/mol. The second-order valence-corrected chi connectivity index (χ2v) is 4.36. The number of Topliss-reactive ketones (excluding diaryl/α,β-unsaturated/α-hetero) is 1. The van der Waals surface area contributed by atoms with Gasteiger partial charge in [0.25, 0.3) is 0 Å². The lowest BCUT2D eigenvalue weighted by Crippen LogP contribution is -2.33.